The molecule has 1 aliphatic rings. The highest BCUT2D eigenvalue weighted by Crippen LogP contribution is 2.26. The molecule has 1 fully saturated rings. The van der Waals surface area contributed by atoms with E-state index in [2.05, 4.69) is 106 Å². The lowest BCUT2D eigenvalue weighted by molar-refractivity contribution is -0.301. The quantitative estimate of drug-likeness (QED) is 0.0228. The minimum Gasteiger partial charge on any atom is -0.479 e. The van der Waals surface area contributed by atoms with Crippen molar-refractivity contribution in [2.75, 3.05) is 13.2 Å². The molecule has 6 atom stereocenters. The Bertz CT molecular complexity index is 1660. The van der Waals surface area contributed by atoms with Crippen LogP contribution in [0.1, 0.15) is 252 Å². The summed E-state index contributed by atoms with van der Waals surface area (Å²) < 4.78 is 28.4. The number of aliphatic hydroxyl groups excluding tert-OH is 2. The Morgan fingerprint density at radius 3 is 1.29 bits per heavy atom. The molecule has 1 saturated heterocycles. The van der Waals surface area contributed by atoms with Crippen molar-refractivity contribution < 1.29 is 58.2 Å². The monoisotopic (exact) mass is 1080 g/mol. The van der Waals surface area contributed by atoms with Crippen molar-refractivity contribution in [3.8, 4) is 0 Å². The fraction of sp³-hybridized carbons (Fsp3) is 0.723. The SMILES string of the molecule is CC/C=C\C/C=C\C/C=C\C/C=C\CCCCCCCCC(=O)OC1C(OCC(COC(=O)CCCCCCC/C=C\C/C=C\CCCCC)OC(=O)CCCCCCC/C=C\CCCCCC)OC(C(=O)O)C(O)C1O. The van der Waals surface area contributed by atoms with E-state index in [1.165, 1.54) is 44.9 Å². The smallest absolute Gasteiger partial charge is 0.335 e. The summed E-state index contributed by atoms with van der Waals surface area (Å²) >= 11 is 0. The van der Waals surface area contributed by atoms with Crippen LogP contribution in [0.4, 0.5) is 0 Å². The van der Waals surface area contributed by atoms with Crippen LogP contribution in [0.25, 0.3) is 0 Å². The molecule has 1 rings (SSSR count). The van der Waals surface area contributed by atoms with Gasteiger partial charge in [0.25, 0.3) is 0 Å². The fourth-order valence-electron chi connectivity index (χ4n) is 8.74. The lowest BCUT2D eigenvalue weighted by Gasteiger charge is -2.40. The highest BCUT2D eigenvalue weighted by molar-refractivity contribution is 5.74. The third kappa shape index (κ3) is 42.5. The van der Waals surface area contributed by atoms with E-state index in [4.69, 9.17) is 23.7 Å². The highest BCUT2D eigenvalue weighted by Gasteiger charge is 2.50. The molecule has 3 N–H and O–H groups in total. The van der Waals surface area contributed by atoms with Crippen LogP contribution in [0.3, 0.4) is 0 Å². The Hall–Kier alpha value is -4.10. The fourth-order valence-corrected chi connectivity index (χ4v) is 8.74. The predicted octanol–water partition coefficient (Wildman–Crippen LogP) is 15.9. The number of aliphatic carboxylic acids is 1. The zero-order valence-corrected chi connectivity index (χ0v) is 48.4. The number of rotatable bonds is 51. The number of carbonyl (C=O) groups excluding carboxylic acids is 3. The number of carbonyl (C=O) groups is 4. The third-order valence-corrected chi connectivity index (χ3v) is 13.4. The average molecular weight is 1080 g/mol. The molecule has 0 radical (unpaired) electrons. The van der Waals surface area contributed by atoms with Gasteiger partial charge in [0.2, 0.25) is 0 Å². The molecule has 0 aromatic heterocycles. The second-order valence-electron chi connectivity index (χ2n) is 20.6. The van der Waals surface area contributed by atoms with Crippen molar-refractivity contribution in [1.29, 1.82) is 0 Å². The average Bonchev–Trinajstić information content (AvgIpc) is 3.42. The van der Waals surface area contributed by atoms with Gasteiger partial charge in [-0.1, -0.05) is 202 Å². The largest absolute Gasteiger partial charge is 0.479 e. The normalized spacial score (nSPS) is 18.6. The molecule has 0 aromatic rings. The van der Waals surface area contributed by atoms with Gasteiger partial charge in [-0.15, -0.1) is 0 Å². The molecule has 12 nitrogen and oxygen atoms in total. The van der Waals surface area contributed by atoms with Gasteiger partial charge in [-0.05, 0) is 116 Å². The second kappa shape index (κ2) is 52.6. The molecule has 0 saturated carbocycles. The van der Waals surface area contributed by atoms with Crippen molar-refractivity contribution >= 4 is 23.9 Å². The molecule has 440 valence electrons. The summed E-state index contributed by atoms with van der Waals surface area (Å²) in [6.45, 7) is 5.82. The van der Waals surface area contributed by atoms with Gasteiger partial charge < -0.3 is 39.0 Å². The Balaban J connectivity index is 2.69. The minimum atomic E-state index is -1.91. The Morgan fingerprint density at radius 1 is 0.442 bits per heavy atom. The first-order chi connectivity index (χ1) is 37.6. The van der Waals surface area contributed by atoms with Crippen LogP contribution in [-0.2, 0) is 42.9 Å². The maximum absolute atomic E-state index is 13.1. The van der Waals surface area contributed by atoms with E-state index < -0.39 is 67.3 Å². The van der Waals surface area contributed by atoms with E-state index in [0.717, 1.165) is 148 Å². The van der Waals surface area contributed by atoms with Crippen molar-refractivity contribution in [1.82, 2.24) is 0 Å². The predicted molar refractivity (Wildman–Crippen MR) is 312 cm³/mol. The lowest BCUT2D eigenvalue weighted by Crippen LogP contribution is -2.61. The molecule has 0 aromatic carbocycles. The van der Waals surface area contributed by atoms with E-state index in [1.54, 1.807) is 0 Å². The van der Waals surface area contributed by atoms with Crippen molar-refractivity contribution in [2.45, 2.75) is 289 Å². The van der Waals surface area contributed by atoms with Crippen LogP contribution in [0.5, 0.6) is 0 Å². The Kier molecular flexibility index (Phi) is 48.4. The molecule has 77 heavy (non-hydrogen) atoms. The zero-order valence-electron chi connectivity index (χ0n) is 48.4. The van der Waals surface area contributed by atoms with E-state index in [1.807, 2.05) is 0 Å². The van der Waals surface area contributed by atoms with Gasteiger partial charge in [-0.25, -0.2) is 4.79 Å². The summed E-state index contributed by atoms with van der Waals surface area (Å²) in [5.74, 6) is -3.17. The minimum absolute atomic E-state index is 0.0392. The number of carboxylic acids is 1. The molecule has 0 aliphatic carbocycles. The summed E-state index contributed by atoms with van der Waals surface area (Å²) in [5.41, 5.74) is 0. The molecule has 0 bridgehead atoms. The second-order valence-corrected chi connectivity index (χ2v) is 20.6. The van der Waals surface area contributed by atoms with Crippen LogP contribution in [-0.4, -0.2) is 89.2 Å². The summed E-state index contributed by atoms with van der Waals surface area (Å²) in [5, 5.41) is 31.5. The third-order valence-electron chi connectivity index (χ3n) is 13.4. The summed E-state index contributed by atoms with van der Waals surface area (Å²) in [4.78, 5) is 51.2. The summed E-state index contributed by atoms with van der Waals surface area (Å²) in [6.07, 6.45) is 55.4. The molecular formula is C65H108O12. The van der Waals surface area contributed by atoms with Crippen LogP contribution < -0.4 is 0 Å². The number of hydrogen-bond donors (Lipinski definition) is 3. The van der Waals surface area contributed by atoms with Gasteiger partial charge in [-0.3, -0.25) is 14.4 Å². The topological polar surface area (TPSA) is 175 Å². The van der Waals surface area contributed by atoms with E-state index >= 15 is 0 Å². The first-order valence-electron chi connectivity index (χ1n) is 30.6. The Morgan fingerprint density at radius 2 is 0.818 bits per heavy atom. The van der Waals surface area contributed by atoms with Crippen LogP contribution >= 0.6 is 0 Å². The van der Waals surface area contributed by atoms with Crippen molar-refractivity contribution in [3.05, 3.63) is 85.1 Å². The summed E-state index contributed by atoms with van der Waals surface area (Å²) in [6, 6.07) is 0. The number of esters is 3. The number of allylic oxidation sites excluding steroid dienone is 14. The number of hydrogen-bond acceptors (Lipinski definition) is 11. The van der Waals surface area contributed by atoms with Gasteiger partial charge in [-0.2, -0.15) is 0 Å². The van der Waals surface area contributed by atoms with Gasteiger partial charge in [0, 0.05) is 19.3 Å². The number of carboxylic acid groups (broad SMARTS) is 1. The molecule has 1 heterocycles. The van der Waals surface area contributed by atoms with E-state index in [9.17, 15) is 34.5 Å². The first-order valence-corrected chi connectivity index (χ1v) is 30.6. The van der Waals surface area contributed by atoms with E-state index in [0.29, 0.717) is 19.3 Å². The van der Waals surface area contributed by atoms with Gasteiger partial charge in [0.1, 0.15) is 18.8 Å². The van der Waals surface area contributed by atoms with Crippen molar-refractivity contribution in [2.24, 2.45) is 0 Å². The molecular weight excluding hydrogens is 973 g/mol. The van der Waals surface area contributed by atoms with E-state index in [-0.39, 0.29) is 25.9 Å². The van der Waals surface area contributed by atoms with Crippen LogP contribution in [0, 0.1) is 0 Å². The lowest BCUT2D eigenvalue weighted by atomic mass is 9.98. The van der Waals surface area contributed by atoms with Crippen LogP contribution in [0.15, 0.2) is 85.1 Å². The van der Waals surface area contributed by atoms with Crippen molar-refractivity contribution in [3.63, 3.8) is 0 Å². The van der Waals surface area contributed by atoms with Gasteiger partial charge in [0.15, 0.2) is 24.6 Å². The molecule has 12 heteroatoms. The Labute approximate surface area is 467 Å². The standard InChI is InChI=1S/C65H108O12/c1-4-7-10-13-16-19-22-25-27-28-29-30-32-35-38-41-44-47-50-53-59(68)76-63-61(70)60(69)62(64(71)72)77-65(63)74-55-56(75-58(67)52-49-46-43-40-37-33-24-21-18-15-12-9-6-3)54-73-57(66)51-48-45-42-39-36-34-31-26-23-20-17-14-11-8-5-2/h7,10,16-17,19-21,24-27,29-31,56,60-63,65,69-70H,4-6,8-9,11-15,18,22-23,28,32-55H2,1-3H3,(H,71,72)/b10-7-,19-16-,20-17-,24-21-,27-25-,30-29-,31-26-. The molecule has 0 spiro atoms. The maximum atomic E-state index is 13.1. The van der Waals surface area contributed by atoms with Gasteiger partial charge in [0.05, 0.1) is 6.61 Å². The van der Waals surface area contributed by atoms with Crippen LogP contribution in [0.2, 0.25) is 0 Å². The molecule has 6 unspecified atom stereocenters. The number of aliphatic hydroxyl groups is 2. The highest BCUT2D eigenvalue weighted by atomic mass is 16.7. The summed E-state index contributed by atoms with van der Waals surface area (Å²) in [7, 11) is 0. The zero-order chi connectivity index (χ0) is 56.1. The molecule has 0 amide bonds. The first kappa shape index (κ1) is 70.9. The van der Waals surface area contributed by atoms with Gasteiger partial charge >= 0.3 is 23.9 Å². The number of unbranched alkanes of at least 4 members (excludes halogenated alkanes) is 23. The molecule has 1 aliphatic heterocycles. The number of ether oxygens (including phenoxy) is 5. The maximum Gasteiger partial charge on any atom is 0.335 e.